The van der Waals surface area contributed by atoms with Gasteiger partial charge in [-0.2, -0.15) is 5.26 Å². The van der Waals surface area contributed by atoms with Crippen molar-refractivity contribution in [1.82, 2.24) is 0 Å². The highest BCUT2D eigenvalue weighted by Crippen LogP contribution is 2.37. The molecule has 1 aliphatic rings. The molecule has 0 atom stereocenters. The van der Waals surface area contributed by atoms with E-state index in [1.54, 1.807) is 0 Å². The smallest absolute Gasteiger partial charge is 0.312 e. The lowest BCUT2D eigenvalue weighted by molar-refractivity contribution is -0.385. The third-order valence-corrected chi connectivity index (χ3v) is 5.70. The molecule has 0 saturated carbocycles. The Hall–Kier alpha value is -2.63. The lowest BCUT2D eigenvalue weighted by atomic mass is 10.1. The number of carbonyl (C=O) groups excluding carboxylic acids is 1. The molecule has 0 unspecified atom stereocenters. The standard InChI is InChI=1S/C18H16ClN3O4S/c19-11-6-7-15(14(8-11)22(24)25)26-10-17(23)21-18-13(9-20)12-4-2-1-3-5-16(12)27-18/h6-8H,1-5,10H2,(H,21,23). The number of amides is 1. The van der Waals surface area contributed by atoms with Crippen LogP contribution in [0.3, 0.4) is 0 Å². The van der Waals surface area contributed by atoms with E-state index in [4.69, 9.17) is 16.3 Å². The van der Waals surface area contributed by atoms with E-state index < -0.39 is 17.4 Å². The average Bonchev–Trinajstić information content (AvgIpc) is 2.80. The molecule has 2 aromatic rings. The van der Waals surface area contributed by atoms with E-state index in [9.17, 15) is 20.2 Å². The molecule has 3 rings (SSSR count). The lowest BCUT2D eigenvalue weighted by Gasteiger charge is -2.07. The van der Waals surface area contributed by atoms with Crippen LogP contribution in [0.25, 0.3) is 0 Å². The number of ether oxygens (including phenoxy) is 1. The summed E-state index contributed by atoms with van der Waals surface area (Å²) in [5, 5.41) is 24.0. The second-order valence-corrected chi connectivity index (χ2v) is 7.63. The van der Waals surface area contributed by atoms with E-state index in [2.05, 4.69) is 11.4 Å². The number of nitriles is 1. The summed E-state index contributed by atoms with van der Waals surface area (Å²) in [6.45, 7) is -0.407. The van der Waals surface area contributed by atoms with Crippen molar-refractivity contribution in [2.45, 2.75) is 32.1 Å². The van der Waals surface area contributed by atoms with Gasteiger partial charge < -0.3 is 10.1 Å². The number of nitro benzene ring substituents is 1. The lowest BCUT2D eigenvalue weighted by Crippen LogP contribution is -2.20. The molecule has 1 N–H and O–H groups in total. The van der Waals surface area contributed by atoms with Gasteiger partial charge in [0.25, 0.3) is 5.91 Å². The Balaban J connectivity index is 1.71. The summed E-state index contributed by atoms with van der Waals surface area (Å²) in [6, 6.07) is 6.16. The zero-order chi connectivity index (χ0) is 19.4. The fourth-order valence-electron chi connectivity index (χ4n) is 3.01. The number of halogens is 1. The van der Waals surface area contributed by atoms with Gasteiger partial charge in [0.1, 0.15) is 11.1 Å². The molecular formula is C18H16ClN3O4S. The minimum atomic E-state index is -0.622. The van der Waals surface area contributed by atoms with Gasteiger partial charge in [0.15, 0.2) is 12.4 Å². The SMILES string of the molecule is N#Cc1c(NC(=O)COc2ccc(Cl)cc2[N+](=O)[O-])sc2c1CCCCC2. The van der Waals surface area contributed by atoms with Crippen molar-refractivity contribution in [2.24, 2.45) is 0 Å². The number of anilines is 1. The van der Waals surface area contributed by atoms with Crippen LogP contribution >= 0.6 is 22.9 Å². The van der Waals surface area contributed by atoms with Crippen LogP contribution in [0, 0.1) is 21.4 Å². The number of aryl methyl sites for hydroxylation is 1. The normalized spacial score (nSPS) is 13.2. The number of thiophene rings is 1. The van der Waals surface area contributed by atoms with E-state index in [0.29, 0.717) is 10.6 Å². The number of nitrogens with one attached hydrogen (secondary N) is 1. The zero-order valence-corrected chi connectivity index (χ0v) is 15.9. The first-order chi connectivity index (χ1) is 13.0. The van der Waals surface area contributed by atoms with Crippen LogP contribution in [0.4, 0.5) is 10.7 Å². The maximum atomic E-state index is 12.2. The maximum Gasteiger partial charge on any atom is 0.312 e. The van der Waals surface area contributed by atoms with Gasteiger partial charge in [0.2, 0.25) is 0 Å². The van der Waals surface area contributed by atoms with Gasteiger partial charge in [0, 0.05) is 16.0 Å². The highest BCUT2D eigenvalue weighted by Gasteiger charge is 2.22. The first kappa shape index (κ1) is 19.1. The molecule has 9 heteroatoms. The summed E-state index contributed by atoms with van der Waals surface area (Å²) >= 11 is 7.18. The predicted octanol–water partition coefficient (Wildman–Crippen LogP) is 4.47. The van der Waals surface area contributed by atoms with Gasteiger partial charge in [-0.1, -0.05) is 18.0 Å². The van der Waals surface area contributed by atoms with Crippen LogP contribution in [0.2, 0.25) is 5.02 Å². The van der Waals surface area contributed by atoms with Crippen LogP contribution in [-0.2, 0) is 17.6 Å². The summed E-state index contributed by atoms with van der Waals surface area (Å²) in [5.74, 6) is -0.519. The third kappa shape index (κ3) is 4.38. The summed E-state index contributed by atoms with van der Waals surface area (Å²) in [6.07, 6.45) is 5.02. The van der Waals surface area contributed by atoms with Crippen molar-refractivity contribution in [3.05, 3.63) is 49.3 Å². The first-order valence-electron chi connectivity index (χ1n) is 8.41. The van der Waals surface area contributed by atoms with Crippen LogP contribution in [-0.4, -0.2) is 17.4 Å². The Kier molecular flexibility index (Phi) is 5.94. The topological polar surface area (TPSA) is 105 Å². The molecule has 1 aromatic heterocycles. The van der Waals surface area contributed by atoms with Crippen LogP contribution in [0.15, 0.2) is 18.2 Å². The van der Waals surface area contributed by atoms with Gasteiger partial charge in [0.05, 0.1) is 10.5 Å². The van der Waals surface area contributed by atoms with E-state index >= 15 is 0 Å². The van der Waals surface area contributed by atoms with Crippen LogP contribution in [0.5, 0.6) is 5.75 Å². The molecule has 27 heavy (non-hydrogen) atoms. The Morgan fingerprint density at radius 3 is 2.89 bits per heavy atom. The molecular weight excluding hydrogens is 390 g/mol. The Labute approximate surface area is 164 Å². The Morgan fingerprint density at radius 1 is 1.37 bits per heavy atom. The predicted molar refractivity (Wildman–Crippen MR) is 103 cm³/mol. The Morgan fingerprint density at radius 2 is 2.15 bits per heavy atom. The molecule has 0 bridgehead atoms. The number of benzene rings is 1. The second kappa shape index (κ2) is 8.37. The molecule has 0 fully saturated rings. The van der Waals surface area contributed by atoms with Gasteiger partial charge in [-0.3, -0.25) is 14.9 Å². The van der Waals surface area contributed by atoms with Crippen LogP contribution < -0.4 is 10.1 Å². The van der Waals surface area contributed by atoms with Crippen molar-refractivity contribution >= 4 is 39.5 Å². The number of hydrogen-bond acceptors (Lipinski definition) is 6. The number of nitro groups is 1. The highest BCUT2D eigenvalue weighted by molar-refractivity contribution is 7.16. The maximum absolute atomic E-state index is 12.2. The van der Waals surface area contributed by atoms with Gasteiger partial charge >= 0.3 is 5.69 Å². The number of nitrogens with zero attached hydrogens (tertiary/aromatic N) is 2. The molecule has 0 aliphatic heterocycles. The highest BCUT2D eigenvalue weighted by atomic mass is 35.5. The van der Waals surface area contributed by atoms with E-state index in [0.717, 1.165) is 42.5 Å². The fraction of sp³-hybridized carbons (Fsp3) is 0.333. The largest absolute Gasteiger partial charge is 0.477 e. The molecule has 1 amide bonds. The van der Waals surface area contributed by atoms with E-state index in [1.165, 1.54) is 29.5 Å². The Bertz CT molecular complexity index is 935. The monoisotopic (exact) mass is 405 g/mol. The summed E-state index contributed by atoms with van der Waals surface area (Å²) in [7, 11) is 0. The molecule has 1 heterocycles. The molecule has 0 radical (unpaired) electrons. The molecule has 0 saturated heterocycles. The van der Waals surface area contributed by atoms with E-state index in [1.807, 2.05) is 0 Å². The molecule has 140 valence electrons. The van der Waals surface area contributed by atoms with Crippen molar-refractivity contribution < 1.29 is 14.5 Å². The molecule has 7 nitrogen and oxygen atoms in total. The van der Waals surface area contributed by atoms with E-state index in [-0.39, 0.29) is 16.5 Å². The van der Waals surface area contributed by atoms with Crippen molar-refractivity contribution in [3.8, 4) is 11.8 Å². The number of fused-ring (bicyclic) bond motifs is 1. The molecule has 0 spiro atoms. The number of hydrogen-bond donors (Lipinski definition) is 1. The van der Waals surface area contributed by atoms with Gasteiger partial charge in [-0.15, -0.1) is 11.3 Å². The quantitative estimate of drug-likeness (QED) is 0.449. The van der Waals surface area contributed by atoms with Gasteiger partial charge in [-0.25, -0.2) is 0 Å². The zero-order valence-electron chi connectivity index (χ0n) is 14.3. The molecule has 1 aromatic carbocycles. The average molecular weight is 406 g/mol. The van der Waals surface area contributed by atoms with Crippen LogP contribution in [0.1, 0.15) is 35.3 Å². The minimum Gasteiger partial charge on any atom is -0.477 e. The minimum absolute atomic E-state index is 0.0398. The van der Waals surface area contributed by atoms with Crippen molar-refractivity contribution in [3.63, 3.8) is 0 Å². The number of carbonyl (C=O) groups is 1. The fourth-order valence-corrected chi connectivity index (χ4v) is 4.43. The number of rotatable bonds is 5. The summed E-state index contributed by atoms with van der Waals surface area (Å²) in [4.78, 5) is 23.8. The van der Waals surface area contributed by atoms with Crippen molar-refractivity contribution in [1.29, 1.82) is 5.26 Å². The van der Waals surface area contributed by atoms with Gasteiger partial charge in [-0.05, 0) is 43.4 Å². The summed E-state index contributed by atoms with van der Waals surface area (Å²) in [5.41, 5.74) is 1.24. The summed E-state index contributed by atoms with van der Waals surface area (Å²) < 4.78 is 5.29. The first-order valence-corrected chi connectivity index (χ1v) is 9.60. The third-order valence-electron chi connectivity index (χ3n) is 4.26. The molecule has 1 aliphatic carbocycles. The van der Waals surface area contributed by atoms with Crippen molar-refractivity contribution in [2.75, 3.05) is 11.9 Å². The second-order valence-electron chi connectivity index (χ2n) is 6.09.